The Morgan fingerprint density at radius 3 is 2.70 bits per heavy atom. The van der Waals surface area contributed by atoms with Gasteiger partial charge in [-0.25, -0.2) is 4.63 Å². The lowest BCUT2D eigenvalue weighted by Gasteiger charge is -2.23. The summed E-state index contributed by atoms with van der Waals surface area (Å²) in [5.74, 6) is 0. The summed E-state index contributed by atoms with van der Waals surface area (Å²) in [5, 5.41) is 7.81. The van der Waals surface area contributed by atoms with Gasteiger partial charge in [-0.3, -0.25) is 9.88 Å². The third kappa shape index (κ3) is 2.96. The molecule has 1 saturated heterocycles. The predicted octanol–water partition coefficient (Wildman–Crippen LogP) is 1.49. The number of rotatable bonds is 3. The summed E-state index contributed by atoms with van der Waals surface area (Å²) in [6.07, 6.45) is 4.84. The molecule has 0 N–H and O–H groups in total. The molecule has 0 atom stereocenters. The van der Waals surface area contributed by atoms with Crippen molar-refractivity contribution in [2.45, 2.75) is 19.9 Å². The summed E-state index contributed by atoms with van der Waals surface area (Å²) in [5.41, 5.74) is 3.09. The number of anilines is 1. The summed E-state index contributed by atoms with van der Waals surface area (Å²) in [7, 11) is 0. The molecule has 0 amide bonds. The van der Waals surface area contributed by atoms with Gasteiger partial charge in [-0.15, -0.1) is 0 Å². The molecule has 0 unspecified atom stereocenters. The van der Waals surface area contributed by atoms with Crippen molar-refractivity contribution in [2.24, 2.45) is 0 Å². The fourth-order valence-electron chi connectivity index (χ4n) is 2.55. The molecule has 2 aromatic heterocycles. The fourth-order valence-corrected chi connectivity index (χ4v) is 2.55. The number of aromatic nitrogens is 3. The first kappa shape index (κ1) is 13.1. The highest BCUT2D eigenvalue weighted by atomic mass is 16.6. The van der Waals surface area contributed by atoms with Gasteiger partial charge in [0.1, 0.15) is 11.4 Å². The van der Waals surface area contributed by atoms with E-state index >= 15 is 0 Å². The lowest BCUT2D eigenvalue weighted by molar-refractivity contribution is 0.263. The molecule has 106 valence electrons. The van der Waals surface area contributed by atoms with Gasteiger partial charge in [0.15, 0.2) is 0 Å². The molecule has 6 heteroatoms. The minimum absolute atomic E-state index is 0.819. The normalized spacial score (nSPS) is 17.1. The van der Waals surface area contributed by atoms with Crippen molar-refractivity contribution in [2.75, 3.05) is 31.1 Å². The van der Waals surface area contributed by atoms with E-state index in [0.29, 0.717) is 0 Å². The molecule has 0 aliphatic carbocycles. The smallest absolute Gasteiger partial charge is 0.122 e. The Morgan fingerprint density at radius 1 is 1.10 bits per heavy atom. The third-order valence-electron chi connectivity index (χ3n) is 3.74. The van der Waals surface area contributed by atoms with Crippen molar-refractivity contribution in [3.8, 4) is 0 Å². The zero-order chi connectivity index (χ0) is 13.8. The quantitative estimate of drug-likeness (QED) is 0.844. The highest BCUT2D eigenvalue weighted by Crippen LogP contribution is 2.16. The summed E-state index contributed by atoms with van der Waals surface area (Å²) < 4.78 is 4.76. The van der Waals surface area contributed by atoms with Crippen molar-refractivity contribution >= 4 is 5.69 Å². The van der Waals surface area contributed by atoms with Crippen LogP contribution < -0.4 is 4.90 Å². The molecule has 0 spiro atoms. The summed E-state index contributed by atoms with van der Waals surface area (Å²) in [6, 6.07) is 4.14. The molecule has 20 heavy (non-hydrogen) atoms. The van der Waals surface area contributed by atoms with Gasteiger partial charge in [-0.05, 0) is 25.5 Å². The average molecular weight is 273 g/mol. The van der Waals surface area contributed by atoms with Crippen molar-refractivity contribution in [1.82, 2.24) is 20.2 Å². The van der Waals surface area contributed by atoms with E-state index in [2.05, 4.69) is 37.2 Å². The minimum Gasteiger partial charge on any atom is -0.370 e. The van der Waals surface area contributed by atoms with Crippen LogP contribution in [-0.2, 0) is 6.54 Å². The molecule has 1 aliphatic heterocycles. The van der Waals surface area contributed by atoms with Crippen molar-refractivity contribution < 1.29 is 4.63 Å². The van der Waals surface area contributed by atoms with Gasteiger partial charge in [-0.1, -0.05) is 10.3 Å². The van der Waals surface area contributed by atoms with Crippen LogP contribution in [0.2, 0.25) is 0 Å². The molecule has 2 aromatic rings. The summed E-state index contributed by atoms with van der Waals surface area (Å²) in [6.45, 7) is 6.96. The number of nitrogens with zero attached hydrogens (tertiary/aromatic N) is 5. The van der Waals surface area contributed by atoms with E-state index in [-0.39, 0.29) is 0 Å². The van der Waals surface area contributed by atoms with Crippen LogP contribution in [0.5, 0.6) is 0 Å². The first-order valence-corrected chi connectivity index (χ1v) is 6.98. The predicted molar refractivity (Wildman–Crippen MR) is 75.4 cm³/mol. The molecule has 1 fully saturated rings. The topological polar surface area (TPSA) is 58.3 Å². The van der Waals surface area contributed by atoms with E-state index in [1.54, 1.807) is 0 Å². The first-order chi connectivity index (χ1) is 9.83. The van der Waals surface area contributed by atoms with Crippen LogP contribution in [0.1, 0.15) is 17.8 Å². The lowest BCUT2D eigenvalue weighted by Crippen LogP contribution is -2.30. The van der Waals surface area contributed by atoms with E-state index < -0.39 is 0 Å². The maximum Gasteiger partial charge on any atom is 0.122 e. The molecule has 3 rings (SSSR count). The Labute approximate surface area is 118 Å². The van der Waals surface area contributed by atoms with Crippen molar-refractivity contribution in [1.29, 1.82) is 0 Å². The first-order valence-electron chi connectivity index (χ1n) is 6.98. The maximum absolute atomic E-state index is 4.76. The van der Waals surface area contributed by atoms with Gasteiger partial charge in [0.2, 0.25) is 0 Å². The van der Waals surface area contributed by atoms with Gasteiger partial charge in [-0.2, -0.15) is 0 Å². The number of hydrogen-bond acceptors (Lipinski definition) is 6. The van der Waals surface area contributed by atoms with E-state index in [0.717, 1.165) is 50.5 Å². The SMILES string of the molecule is Cc1nonc1CN1CCCN(c2ccncc2)CC1. The number of aryl methyl sites for hydroxylation is 1. The van der Waals surface area contributed by atoms with Crippen LogP contribution in [0.25, 0.3) is 0 Å². The van der Waals surface area contributed by atoms with E-state index in [1.165, 1.54) is 5.69 Å². The summed E-state index contributed by atoms with van der Waals surface area (Å²) in [4.78, 5) is 8.90. The average Bonchev–Trinajstić information content (AvgIpc) is 2.75. The Hall–Kier alpha value is -1.95. The fraction of sp³-hybridized carbons (Fsp3) is 0.500. The largest absolute Gasteiger partial charge is 0.370 e. The van der Waals surface area contributed by atoms with Gasteiger partial charge >= 0.3 is 0 Å². The van der Waals surface area contributed by atoms with E-state index in [1.807, 2.05) is 19.3 Å². The second-order valence-electron chi connectivity index (χ2n) is 5.12. The molecular formula is C14H19N5O. The van der Waals surface area contributed by atoms with Crippen LogP contribution >= 0.6 is 0 Å². The molecular weight excluding hydrogens is 254 g/mol. The molecule has 0 saturated carbocycles. The highest BCUT2D eigenvalue weighted by Gasteiger charge is 2.17. The molecule has 0 aromatic carbocycles. The second kappa shape index (κ2) is 6.00. The van der Waals surface area contributed by atoms with Crippen LogP contribution in [0.3, 0.4) is 0 Å². The van der Waals surface area contributed by atoms with E-state index in [9.17, 15) is 0 Å². The maximum atomic E-state index is 4.76. The van der Waals surface area contributed by atoms with Gasteiger partial charge in [0, 0.05) is 50.8 Å². The Kier molecular flexibility index (Phi) is 3.92. The lowest BCUT2D eigenvalue weighted by atomic mass is 10.3. The van der Waals surface area contributed by atoms with Gasteiger partial charge in [0.25, 0.3) is 0 Å². The molecule has 6 nitrogen and oxygen atoms in total. The van der Waals surface area contributed by atoms with Crippen molar-refractivity contribution in [3.05, 3.63) is 35.9 Å². The van der Waals surface area contributed by atoms with Crippen molar-refractivity contribution in [3.63, 3.8) is 0 Å². The molecule has 0 radical (unpaired) electrons. The second-order valence-corrected chi connectivity index (χ2v) is 5.12. The number of pyridine rings is 1. The van der Waals surface area contributed by atoms with Crippen LogP contribution in [0.15, 0.2) is 29.2 Å². The zero-order valence-corrected chi connectivity index (χ0v) is 11.7. The molecule has 1 aliphatic rings. The van der Waals surface area contributed by atoms with Crippen LogP contribution in [0.4, 0.5) is 5.69 Å². The Bertz CT molecular complexity index is 542. The summed E-state index contributed by atoms with van der Waals surface area (Å²) >= 11 is 0. The Balaban J connectivity index is 1.61. The minimum atomic E-state index is 0.819. The van der Waals surface area contributed by atoms with Crippen LogP contribution in [0, 0.1) is 6.92 Å². The van der Waals surface area contributed by atoms with E-state index in [4.69, 9.17) is 4.63 Å². The zero-order valence-electron chi connectivity index (χ0n) is 11.7. The molecule has 3 heterocycles. The van der Waals surface area contributed by atoms with Gasteiger partial charge in [0.05, 0.1) is 0 Å². The standard InChI is InChI=1S/C14H19N5O/c1-12-14(17-20-16-12)11-18-7-2-8-19(10-9-18)13-3-5-15-6-4-13/h3-6H,2,7-11H2,1H3. The third-order valence-corrected chi connectivity index (χ3v) is 3.74. The van der Waals surface area contributed by atoms with Gasteiger partial charge < -0.3 is 4.90 Å². The number of hydrogen-bond donors (Lipinski definition) is 0. The van der Waals surface area contributed by atoms with Crippen LogP contribution in [-0.4, -0.2) is 46.4 Å². The monoisotopic (exact) mass is 273 g/mol. The Morgan fingerprint density at radius 2 is 1.95 bits per heavy atom. The molecule has 0 bridgehead atoms. The highest BCUT2D eigenvalue weighted by molar-refractivity contribution is 5.44.